The molecule has 2 saturated heterocycles. The Morgan fingerprint density at radius 2 is 1.94 bits per heavy atom. The quantitative estimate of drug-likeness (QED) is 0.770. The van der Waals surface area contributed by atoms with E-state index in [1.165, 1.54) is 19.3 Å². The smallest absolute Gasteiger partial charge is 0.239 e. The fourth-order valence-electron chi connectivity index (χ4n) is 2.95. The van der Waals surface area contributed by atoms with E-state index in [0.29, 0.717) is 11.9 Å². The van der Waals surface area contributed by atoms with Crippen molar-refractivity contribution in [2.75, 3.05) is 32.7 Å². The van der Waals surface area contributed by atoms with E-state index in [1.54, 1.807) is 0 Å². The van der Waals surface area contributed by atoms with Gasteiger partial charge in [-0.15, -0.1) is 0 Å². The zero-order chi connectivity index (χ0) is 12.3. The zero-order valence-electron chi connectivity index (χ0n) is 11.1. The first-order valence-corrected chi connectivity index (χ1v) is 6.95. The molecule has 2 fully saturated rings. The summed E-state index contributed by atoms with van der Waals surface area (Å²) in [4.78, 5) is 16.8. The van der Waals surface area contributed by atoms with Gasteiger partial charge in [0.15, 0.2) is 0 Å². The number of carbonyl (C=O) groups is 1. The summed E-state index contributed by atoms with van der Waals surface area (Å²) in [6, 6.07) is 0.512. The number of carbonyl (C=O) groups excluding carboxylic acids is 1. The Morgan fingerprint density at radius 1 is 1.24 bits per heavy atom. The molecule has 2 heterocycles. The van der Waals surface area contributed by atoms with Crippen molar-refractivity contribution in [3.63, 3.8) is 0 Å². The summed E-state index contributed by atoms with van der Waals surface area (Å²) < 4.78 is 0. The summed E-state index contributed by atoms with van der Waals surface area (Å²) in [6.07, 6.45) is 3.63. The molecule has 2 rings (SSSR count). The fraction of sp³-hybridized carbons (Fsp3) is 0.923. The van der Waals surface area contributed by atoms with Gasteiger partial charge in [0, 0.05) is 38.8 Å². The number of hydrogen-bond donors (Lipinski definition) is 1. The number of piperazine rings is 1. The Bertz CT molecular complexity index is 263. The molecule has 0 saturated carbocycles. The number of likely N-dealkylation sites (tertiary alicyclic amines) is 1. The standard InChI is InChI=1S/C13H25N3O/c1-11-10-14-6-9-16(11)12(2)13(17)15-7-4-3-5-8-15/h11-12,14H,3-10H2,1-2H3. The molecule has 0 aromatic heterocycles. The van der Waals surface area contributed by atoms with Gasteiger partial charge in [0.1, 0.15) is 0 Å². The van der Waals surface area contributed by atoms with Crippen molar-refractivity contribution in [2.24, 2.45) is 0 Å². The molecule has 1 N–H and O–H groups in total. The maximum atomic E-state index is 12.4. The van der Waals surface area contributed by atoms with E-state index in [0.717, 1.165) is 32.7 Å². The van der Waals surface area contributed by atoms with Crippen molar-refractivity contribution in [3.05, 3.63) is 0 Å². The minimum atomic E-state index is 0.0465. The van der Waals surface area contributed by atoms with Gasteiger partial charge in [0.25, 0.3) is 0 Å². The summed E-state index contributed by atoms with van der Waals surface area (Å²) in [7, 11) is 0. The molecule has 1 amide bonds. The van der Waals surface area contributed by atoms with Gasteiger partial charge < -0.3 is 10.2 Å². The average Bonchev–Trinajstić information content (AvgIpc) is 2.39. The molecular formula is C13H25N3O. The third-order valence-corrected chi connectivity index (χ3v) is 4.08. The lowest BCUT2D eigenvalue weighted by Crippen LogP contribution is -2.58. The lowest BCUT2D eigenvalue weighted by atomic mass is 10.1. The van der Waals surface area contributed by atoms with E-state index in [4.69, 9.17) is 0 Å². The minimum Gasteiger partial charge on any atom is -0.341 e. The molecule has 2 atom stereocenters. The third kappa shape index (κ3) is 2.99. The van der Waals surface area contributed by atoms with Gasteiger partial charge in [0.2, 0.25) is 5.91 Å². The van der Waals surface area contributed by atoms with E-state index in [9.17, 15) is 4.79 Å². The van der Waals surface area contributed by atoms with Crippen LogP contribution in [0.5, 0.6) is 0 Å². The average molecular weight is 239 g/mol. The molecule has 98 valence electrons. The second kappa shape index (κ2) is 5.83. The fourth-order valence-corrected chi connectivity index (χ4v) is 2.95. The van der Waals surface area contributed by atoms with E-state index < -0.39 is 0 Å². The van der Waals surface area contributed by atoms with Gasteiger partial charge in [-0.2, -0.15) is 0 Å². The number of nitrogens with one attached hydrogen (secondary N) is 1. The molecule has 2 unspecified atom stereocenters. The van der Waals surface area contributed by atoms with Gasteiger partial charge in [-0.3, -0.25) is 9.69 Å². The van der Waals surface area contributed by atoms with Crippen LogP contribution in [-0.4, -0.2) is 60.5 Å². The van der Waals surface area contributed by atoms with Crippen molar-refractivity contribution < 1.29 is 4.79 Å². The lowest BCUT2D eigenvalue weighted by molar-refractivity contribution is -0.138. The van der Waals surface area contributed by atoms with Crippen molar-refractivity contribution in [1.29, 1.82) is 0 Å². The predicted molar refractivity (Wildman–Crippen MR) is 68.9 cm³/mol. The van der Waals surface area contributed by atoms with Crippen LogP contribution in [0.2, 0.25) is 0 Å². The minimum absolute atomic E-state index is 0.0465. The van der Waals surface area contributed by atoms with E-state index in [-0.39, 0.29) is 6.04 Å². The highest BCUT2D eigenvalue weighted by molar-refractivity contribution is 5.81. The number of hydrogen-bond acceptors (Lipinski definition) is 3. The monoisotopic (exact) mass is 239 g/mol. The van der Waals surface area contributed by atoms with Gasteiger partial charge in [-0.1, -0.05) is 0 Å². The Morgan fingerprint density at radius 3 is 2.59 bits per heavy atom. The Balaban J connectivity index is 1.92. The molecule has 2 aliphatic heterocycles. The summed E-state index contributed by atoms with van der Waals surface area (Å²) in [6.45, 7) is 9.18. The van der Waals surface area contributed by atoms with E-state index in [1.807, 2.05) is 0 Å². The number of amides is 1. The lowest BCUT2D eigenvalue weighted by Gasteiger charge is -2.40. The second-order valence-corrected chi connectivity index (χ2v) is 5.35. The Kier molecular flexibility index (Phi) is 4.40. The molecular weight excluding hydrogens is 214 g/mol. The molecule has 2 aliphatic rings. The van der Waals surface area contributed by atoms with Crippen molar-refractivity contribution in [2.45, 2.75) is 45.2 Å². The zero-order valence-corrected chi connectivity index (χ0v) is 11.1. The van der Waals surface area contributed by atoms with Crippen LogP contribution in [0.15, 0.2) is 0 Å². The SMILES string of the molecule is CC1CNCCN1C(C)C(=O)N1CCCCC1. The Hall–Kier alpha value is -0.610. The topological polar surface area (TPSA) is 35.6 Å². The van der Waals surface area contributed by atoms with Crippen LogP contribution in [0, 0.1) is 0 Å². The molecule has 4 heteroatoms. The van der Waals surface area contributed by atoms with Crippen molar-refractivity contribution in [1.82, 2.24) is 15.1 Å². The molecule has 0 aromatic carbocycles. The van der Waals surface area contributed by atoms with Crippen LogP contribution in [0.25, 0.3) is 0 Å². The molecule has 0 radical (unpaired) electrons. The van der Waals surface area contributed by atoms with Crippen LogP contribution >= 0.6 is 0 Å². The highest BCUT2D eigenvalue weighted by Crippen LogP contribution is 2.14. The largest absolute Gasteiger partial charge is 0.341 e. The molecule has 0 bridgehead atoms. The van der Waals surface area contributed by atoms with E-state index >= 15 is 0 Å². The van der Waals surface area contributed by atoms with E-state index in [2.05, 4.69) is 29.0 Å². The van der Waals surface area contributed by atoms with Crippen LogP contribution in [-0.2, 0) is 4.79 Å². The maximum Gasteiger partial charge on any atom is 0.239 e. The molecule has 4 nitrogen and oxygen atoms in total. The number of nitrogens with zero attached hydrogens (tertiary/aromatic N) is 2. The summed E-state index contributed by atoms with van der Waals surface area (Å²) in [5.74, 6) is 0.332. The van der Waals surface area contributed by atoms with Gasteiger partial charge in [-0.25, -0.2) is 0 Å². The first-order valence-electron chi connectivity index (χ1n) is 6.95. The molecule has 0 aliphatic carbocycles. The van der Waals surface area contributed by atoms with Crippen LogP contribution in [0.4, 0.5) is 0 Å². The summed E-state index contributed by atoms with van der Waals surface area (Å²) >= 11 is 0. The van der Waals surface area contributed by atoms with Crippen molar-refractivity contribution >= 4 is 5.91 Å². The van der Waals surface area contributed by atoms with Crippen LogP contribution in [0.3, 0.4) is 0 Å². The summed E-state index contributed by atoms with van der Waals surface area (Å²) in [5, 5.41) is 3.37. The van der Waals surface area contributed by atoms with Gasteiger partial charge in [-0.05, 0) is 33.1 Å². The van der Waals surface area contributed by atoms with Gasteiger partial charge in [0.05, 0.1) is 6.04 Å². The molecule has 0 aromatic rings. The normalized spacial score (nSPS) is 29.1. The van der Waals surface area contributed by atoms with Crippen LogP contribution in [0.1, 0.15) is 33.1 Å². The molecule has 0 spiro atoms. The highest BCUT2D eigenvalue weighted by Gasteiger charge is 2.30. The first kappa shape index (κ1) is 12.8. The third-order valence-electron chi connectivity index (χ3n) is 4.08. The highest BCUT2D eigenvalue weighted by atomic mass is 16.2. The van der Waals surface area contributed by atoms with Crippen molar-refractivity contribution in [3.8, 4) is 0 Å². The number of piperidine rings is 1. The first-order chi connectivity index (χ1) is 8.20. The number of rotatable bonds is 2. The predicted octanol–water partition coefficient (Wildman–Crippen LogP) is 0.681. The van der Waals surface area contributed by atoms with Gasteiger partial charge >= 0.3 is 0 Å². The molecule has 17 heavy (non-hydrogen) atoms. The summed E-state index contributed by atoms with van der Waals surface area (Å²) in [5.41, 5.74) is 0. The second-order valence-electron chi connectivity index (χ2n) is 5.35. The maximum absolute atomic E-state index is 12.4. The van der Waals surface area contributed by atoms with Crippen LogP contribution < -0.4 is 5.32 Å². The Labute approximate surface area is 104 Å².